The molecule has 1 aromatic rings. The summed E-state index contributed by atoms with van der Waals surface area (Å²) in [6.45, 7) is 6.36. The van der Waals surface area contributed by atoms with E-state index in [1.54, 1.807) is 0 Å². The summed E-state index contributed by atoms with van der Waals surface area (Å²) in [6.07, 6.45) is 0. The third kappa shape index (κ3) is 3.86. The summed E-state index contributed by atoms with van der Waals surface area (Å²) in [5.74, 6) is 0. The van der Waals surface area contributed by atoms with Gasteiger partial charge in [0.25, 0.3) is 0 Å². The van der Waals surface area contributed by atoms with Gasteiger partial charge < -0.3 is 4.55 Å². The van der Waals surface area contributed by atoms with Crippen LogP contribution in [-0.4, -0.2) is 14.3 Å². The Morgan fingerprint density at radius 1 is 1.64 bits per heavy atom. The van der Waals surface area contributed by atoms with Gasteiger partial charge in [0.15, 0.2) is 3.92 Å². The Kier molecular flexibility index (Phi) is 4.39. The van der Waals surface area contributed by atoms with Crippen molar-refractivity contribution < 1.29 is 4.55 Å². The highest BCUT2D eigenvalue weighted by Gasteiger charge is 2.26. The maximum Gasteiger partial charge on any atom is 0.159 e. The maximum atomic E-state index is 11.6. The molecule has 1 heterocycles. The van der Waals surface area contributed by atoms with E-state index >= 15 is 0 Å². The Balaban J connectivity index is 2.41. The molecule has 0 aromatic carbocycles. The molecule has 0 aliphatic rings. The maximum absolute atomic E-state index is 11.6. The second-order valence-electron chi connectivity index (χ2n) is 3.79. The van der Waals surface area contributed by atoms with Gasteiger partial charge in [-0.05, 0) is 36.7 Å². The average molecular weight is 297 g/mol. The predicted octanol–water partition coefficient (Wildman–Crippen LogP) is 2.46. The number of hydrogen-bond donors (Lipinski definition) is 1. The lowest BCUT2D eigenvalue weighted by Gasteiger charge is -2.23. The minimum atomic E-state index is -1.03. The summed E-state index contributed by atoms with van der Waals surface area (Å²) >= 11 is 3.78. The third-order valence-electron chi connectivity index (χ3n) is 1.46. The van der Waals surface area contributed by atoms with Crippen LogP contribution < -0.4 is 4.72 Å². The first-order valence-corrected chi connectivity index (χ1v) is 6.97. The molecule has 0 amide bonds. The molecule has 1 rings (SSSR count). The monoisotopic (exact) mass is 296 g/mol. The standard InChI is InChI=1S/C8H13BrN2OS2/c1-8(2,3)14(12)10-4-6-5-13-7(9)11-6/h5,10H,4H2,1-3H3. The number of thiazole rings is 1. The van der Waals surface area contributed by atoms with E-state index in [2.05, 4.69) is 25.6 Å². The molecule has 0 fully saturated rings. The summed E-state index contributed by atoms with van der Waals surface area (Å²) < 4.78 is 15.2. The molecule has 0 spiro atoms. The van der Waals surface area contributed by atoms with Crippen LogP contribution in [0, 0.1) is 0 Å². The molecule has 0 radical (unpaired) electrons. The molecule has 3 nitrogen and oxygen atoms in total. The Morgan fingerprint density at radius 2 is 2.29 bits per heavy atom. The van der Waals surface area contributed by atoms with Crippen molar-refractivity contribution in [2.45, 2.75) is 32.1 Å². The average Bonchev–Trinajstić information content (AvgIpc) is 2.45. The van der Waals surface area contributed by atoms with Crippen molar-refractivity contribution in [2.24, 2.45) is 0 Å². The molecular formula is C8H13BrN2OS2. The van der Waals surface area contributed by atoms with Crippen LogP contribution in [0.2, 0.25) is 0 Å². The van der Waals surface area contributed by atoms with Gasteiger partial charge in [0.05, 0.1) is 12.2 Å². The Bertz CT molecular complexity index is 298. The molecule has 1 aromatic heterocycles. The van der Waals surface area contributed by atoms with Crippen LogP contribution in [0.15, 0.2) is 9.30 Å². The smallest absolute Gasteiger partial charge is 0.159 e. The van der Waals surface area contributed by atoms with Gasteiger partial charge in [0.2, 0.25) is 0 Å². The fourth-order valence-corrected chi connectivity index (χ4v) is 2.48. The van der Waals surface area contributed by atoms with Crippen molar-refractivity contribution >= 4 is 38.6 Å². The largest absolute Gasteiger partial charge is 0.598 e. The number of nitrogens with zero attached hydrogens (tertiary/aromatic N) is 1. The summed E-state index contributed by atoms with van der Waals surface area (Å²) in [5, 5.41) is 1.94. The van der Waals surface area contributed by atoms with Crippen molar-refractivity contribution in [2.75, 3.05) is 0 Å². The van der Waals surface area contributed by atoms with Crippen LogP contribution in [-0.2, 0) is 17.9 Å². The SMILES string of the molecule is CC(C)(C)[S+]([O-])NCc1csc(Br)n1. The van der Waals surface area contributed by atoms with Gasteiger partial charge in [-0.25, -0.2) is 4.98 Å². The molecule has 0 aliphatic heterocycles. The minimum absolute atomic E-state index is 0.229. The predicted molar refractivity (Wildman–Crippen MR) is 64.5 cm³/mol. The zero-order chi connectivity index (χ0) is 10.8. The van der Waals surface area contributed by atoms with Gasteiger partial charge in [0, 0.05) is 16.7 Å². The molecule has 6 heteroatoms. The molecule has 0 saturated carbocycles. The lowest BCUT2D eigenvalue weighted by molar-refractivity contribution is 0.543. The molecule has 1 unspecified atom stereocenters. The van der Waals surface area contributed by atoms with E-state index in [0.717, 1.165) is 9.61 Å². The third-order valence-corrected chi connectivity index (χ3v) is 4.40. The van der Waals surface area contributed by atoms with Gasteiger partial charge in [-0.2, -0.15) is 0 Å². The van der Waals surface area contributed by atoms with E-state index in [-0.39, 0.29) is 4.75 Å². The second-order valence-corrected chi connectivity index (χ2v) is 7.98. The molecule has 14 heavy (non-hydrogen) atoms. The van der Waals surface area contributed by atoms with Gasteiger partial charge in [0.1, 0.15) is 4.75 Å². The van der Waals surface area contributed by atoms with Gasteiger partial charge in [-0.15, -0.1) is 16.1 Å². The topological polar surface area (TPSA) is 48.0 Å². The fourth-order valence-electron chi connectivity index (χ4n) is 0.719. The van der Waals surface area contributed by atoms with Crippen molar-refractivity contribution in [3.8, 4) is 0 Å². The number of nitrogens with one attached hydrogen (secondary N) is 1. The highest BCUT2D eigenvalue weighted by Crippen LogP contribution is 2.17. The summed E-state index contributed by atoms with van der Waals surface area (Å²) in [5.41, 5.74) is 0.916. The normalized spacial score (nSPS) is 14.4. The molecule has 1 atom stereocenters. The molecule has 1 N–H and O–H groups in total. The van der Waals surface area contributed by atoms with Gasteiger partial charge >= 0.3 is 0 Å². The summed E-state index contributed by atoms with van der Waals surface area (Å²) in [6, 6.07) is 0. The first-order valence-electron chi connectivity index (χ1n) is 4.15. The van der Waals surface area contributed by atoms with Gasteiger partial charge in [-0.3, -0.25) is 0 Å². The highest BCUT2D eigenvalue weighted by molar-refractivity contribution is 9.11. The van der Waals surface area contributed by atoms with Crippen molar-refractivity contribution in [3.05, 3.63) is 15.0 Å². The Hall–Kier alpha value is 0.380. The number of rotatable bonds is 3. The van der Waals surface area contributed by atoms with Crippen LogP contribution in [0.1, 0.15) is 26.5 Å². The van der Waals surface area contributed by atoms with E-state index in [4.69, 9.17) is 0 Å². The Labute approximate surface area is 99.8 Å². The molecule has 0 bridgehead atoms. The molecule has 0 aliphatic carbocycles. The van der Waals surface area contributed by atoms with Gasteiger partial charge in [-0.1, -0.05) is 0 Å². The van der Waals surface area contributed by atoms with Crippen LogP contribution in [0.5, 0.6) is 0 Å². The number of halogens is 1. The first kappa shape index (κ1) is 12.4. The highest BCUT2D eigenvalue weighted by atomic mass is 79.9. The quantitative estimate of drug-likeness (QED) is 0.872. The molecule has 80 valence electrons. The summed E-state index contributed by atoms with van der Waals surface area (Å²) in [4.78, 5) is 4.20. The first-order chi connectivity index (χ1) is 6.39. The molecular weight excluding hydrogens is 284 g/mol. The zero-order valence-corrected chi connectivity index (χ0v) is 11.6. The zero-order valence-electron chi connectivity index (χ0n) is 8.33. The lowest BCUT2D eigenvalue weighted by atomic mass is 10.3. The van der Waals surface area contributed by atoms with Crippen LogP contribution in [0.25, 0.3) is 0 Å². The van der Waals surface area contributed by atoms with Crippen LogP contribution in [0.3, 0.4) is 0 Å². The van der Waals surface area contributed by atoms with E-state index < -0.39 is 11.4 Å². The van der Waals surface area contributed by atoms with Crippen LogP contribution in [0.4, 0.5) is 0 Å². The van der Waals surface area contributed by atoms with E-state index in [1.807, 2.05) is 26.2 Å². The van der Waals surface area contributed by atoms with Crippen molar-refractivity contribution in [1.82, 2.24) is 9.71 Å². The molecule has 0 saturated heterocycles. The van der Waals surface area contributed by atoms with Crippen molar-refractivity contribution in [3.63, 3.8) is 0 Å². The Morgan fingerprint density at radius 3 is 2.71 bits per heavy atom. The van der Waals surface area contributed by atoms with Crippen molar-refractivity contribution in [1.29, 1.82) is 0 Å². The summed E-state index contributed by atoms with van der Waals surface area (Å²) in [7, 11) is 0. The van der Waals surface area contributed by atoms with E-state index in [1.165, 1.54) is 11.3 Å². The minimum Gasteiger partial charge on any atom is -0.598 e. The van der Waals surface area contributed by atoms with E-state index in [9.17, 15) is 4.55 Å². The number of hydrogen-bond acceptors (Lipinski definition) is 4. The fraction of sp³-hybridized carbons (Fsp3) is 0.625. The van der Waals surface area contributed by atoms with E-state index in [0.29, 0.717) is 6.54 Å². The van der Waals surface area contributed by atoms with Crippen LogP contribution >= 0.6 is 27.3 Å². The lowest BCUT2D eigenvalue weighted by Crippen LogP contribution is -2.38. The second kappa shape index (κ2) is 4.94. The number of aromatic nitrogens is 1.